The molecule has 144 valence electrons. The molecule has 2 aromatic carbocycles. The first-order valence-corrected chi connectivity index (χ1v) is 10.2. The fourth-order valence-corrected chi connectivity index (χ4v) is 4.22. The van der Waals surface area contributed by atoms with Crippen molar-refractivity contribution >= 4 is 50.5 Å². The minimum Gasteiger partial charge on any atom is -0.454 e. The van der Waals surface area contributed by atoms with Crippen molar-refractivity contribution in [3.8, 4) is 11.5 Å². The lowest BCUT2D eigenvalue weighted by Crippen LogP contribution is -2.32. The molecule has 0 bridgehead atoms. The zero-order chi connectivity index (χ0) is 19.5. The maximum atomic E-state index is 13.0. The number of aliphatic imine (C=N–C) groups is 1. The second kappa shape index (κ2) is 8.38. The normalized spacial score (nSPS) is 18.5. The van der Waals surface area contributed by atoms with Crippen LogP contribution in [0.5, 0.6) is 11.5 Å². The summed E-state index contributed by atoms with van der Waals surface area (Å²) in [6, 6.07) is 13.3. The second-order valence-corrected chi connectivity index (χ2v) is 7.88. The molecule has 2 heterocycles. The van der Waals surface area contributed by atoms with Crippen molar-refractivity contribution in [3.63, 3.8) is 0 Å². The summed E-state index contributed by atoms with van der Waals surface area (Å²) in [5.41, 5.74) is 1.64. The summed E-state index contributed by atoms with van der Waals surface area (Å²) in [5, 5.41) is 0.636. The lowest BCUT2D eigenvalue weighted by molar-refractivity contribution is -0.122. The smallest absolute Gasteiger partial charge is 0.266 e. The van der Waals surface area contributed by atoms with E-state index in [2.05, 4.69) is 20.9 Å². The molecule has 2 aliphatic heterocycles. The van der Waals surface area contributed by atoms with Crippen LogP contribution in [0.4, 0.5) is 5.69 Å². The van der Waals surface area contributed by atoms with Gasteiger partial charge in [-0.05, 0) is 47.7 Å². The highest BCUT2D eigenvalue weighted by Crippen LogP contribution is 2.40. The Hall–Kier alpha value is -2.29. The van der Waals surface area contributed by atoms with Gasteiger partial charge in [0.1, 0.15) is 0 Å². The molecule has 0 saturated carbocycles. The average molecular weight is 461 g/mol. The Labute approximate surface area is 175 Å². The maximum absolute atomic E-state index is 13.0. The van der Waals surface area contributed by atoms with Gasteiger partial charge in [-0.3, -0.25) is 9.69 Å². The van der Waals surface area contributed by atoms with Crippen molar-refractivity contribution in [1.29, 1.82) is 0 Å². The van der Waals surface area contributed by atoms with Crippen molar-refractivity contribution in [2.24, 2.45) is 4.99 Å². The molecule has 0 spiro atoms. The molecule has 0 aliphatic carbocycles. The van der Waals surface area contributed by atoms with Crippen LogP contribution in [-0.4, -0.2) is 43.0 Å². The first-order chi connectivity index (χ1) is 13.7. The Morgan fingerprint density at radius 3 is 2.75 bits per heavy atom. The quantitative estimate of drug-likeness (QED) is 0.617. The van der Waals surface area contributed by atoms with Crippen LogP contribution in [0.2, 0.25) is 0 Å². The number of hydrogen-bond acceptors (Lipinski definition) is 6. The number of carbonyl (C=O) groups is 1. The molecule has 1 saturated heterocycles. The molecule has 4 rings (SSSR count). The first-order valence-electron chi connectivity index (χ1n) is 8.59. The molecule has 2 aromatic rings. The molecule has 1 fully saturated rings. The van der Waals surface area contributed by atoms with Gasteiger partial charge in [-0.15, -0.1) is 0 Å². The van der Waals surface area contributed by atoms with Crippen LogP contribution in [0.1, 0.15) is 5.56 Å². The molecule has 2 aliphatic rings. The highest BCUT2D eigenvalue weighted by molar-refractivity contribution is 9.10. The van der Waals surface area contributed by atoms with E-state index in [0.29, 0.717) is 34.7 Å². The van der Waals surface area contributed by atoms with Crippen molar-refractivity contribution in [1.82, 2.24) is 4.90 Å². The summed E-state index contributed by atoms with van der Waals surface area (Å²) in [6.45, 7) is 1.07. The van der Waals surface area contributed by atoms with E-state index in [-0.39, 0.29) is 12.7 Å². The Morgan fingerprint density at radius 2 is 2.00 bits per heavy atom. The number of thioether (sulfide) groups is 1. The molecule has 0 unspecified atom stereocenters. The number of rotatable bonds is 5. The largest absolute Gasteiger partial charge is 0.454 e. The lowest BCUT2D eigenvalue weighted by atomic mass is 10.2. The number of nitrogens with zero attached hydrogens (tertiary/aromatic N) is 2. The van der Waals surface area contributed by atoms with E-state index in [1.165, 1.54) is 11.8 Å². The summed E-state index contributed by atoms with van der Waals surface area (Å²) in [6.07, 6.45) is 1.84. The minimum absolute atomic E-state index is 0.0960. The average Bonchev–Trinajstić information content (AvgIpc) is 3.26. The first kappa shape index (κ1) is 19.0. The minimum atomic E-state index is -0.0960. The molecule has 0 N–H and O–H groups in total. The monoisotopic (exact) mass is 460 g/mol. The number of methoxy groups -OCH3 is 1. The van der Waals surface area contributed by atoms with Gasteiger partial charge in [0.15, 0.2) is 16.7 Å². The topological polar surface area (TPSA) is 60.4 Å². The van der Waals surface area contributed by atoms with E-state index >= 15 is 0 Å². The number of halogens is 1. The number of amides is 1. The van der Waals surface area contributed by atoms with Crippen molar-refractivity contribution in [3.05, 3.63) is 57.4 Å². The van der Waals surface area contributed by atoms with Gasteiger partial charge >= 0.3 is 0 Å². The molecule has 28 heavy (non-hydrogen) atoms. The van der Waals surface area contributed by atoms with E-state index in [1.807, 2.05) is 48.5 Å². The van der Waals surface area contributed by atoms with Gasteiger partial charge in [-0.1, -0.05) is 34.1 Å². The number of para-hydroxylation sites is 1. The third kappa shape index (κ3) is 3.94. The molecular weight excluding hydrogens is 444 g/mol. The number of hydrogen-bond donors (Lipinski definition) is 0. The highest BCUT2D eigenvalue weighted by Gasteiger charge is 2.33. The third-order valence-corrected chi connectivity index (χ3v) is 5.86. The van der Waals surface area contributed by atoms with E-state index in [1.54, 1.807) is 12.0 Å². The summed E-state index contributed by atoms with van der Waals surface area (Å²) in [4.78, 5) is 19.9. The fourth-order valence-electron chi connectivity index (χ4n) is 2.77. The van der Waals surface area contributed by atoms with Crippen molar-refractivity contribution in [2.75, 3.05) is 27.1 Å². The second-order valence-electron chi connectivity index (χ2n) is 6.02. The lowest BCUT2D eigenvalue weighted by Gasteiger charge is -2.14. The predicted molar refractivity (Wildman–Crippen MR) is 113 cm³/mol. The predicted octanol–water partition coefficient (Wildman–Crippen LogP) is 4.43. The SMILES string of the molecule is COCCN1C(=O)C(=Cc2cc3c(cc2Br)OCO3)SC1=Nc1ccccc1. The van der Waals surface area contributed by atoms with Crippen LogP contribution >= 0.6 is 27.7 Å². The van der Waals surface area contributed by atoms with Crippen LogP contribution in [0.3, 0.4) is 0 Å². The zero-order valence-electron chi connectivity index (χ0n) is 15.1. The van der Waals surface area contributed by atoms with Crippen LogP contribution in [0.25, 0.3) is 6.08 Å². The van der Waals surface area contributed by atoms with Crippen molar-refractivity contribution in [2.45, 2.75) is 0 Å². The van der Waals surface area contributed by atoms with Crippen LogP contribution < -0.4 is 9.47 Å². The fraction of sp³-hybridized carbons (Fsp3) is 0.200. The number of ether oxygens (including phenoxy) is 3. The van der Waals surface area contributed by atoms with Gasteiger partial charge in [0.05, 0.1) is 23.7 Å². The Kier molecular flexibility index (Phi) is 5.70. The van der Waals surface area contributed by atoms with Gasteiger partial charge in [-0.2, -0.15) is 0 Å². The van der Waals surface area contributed by atoms with E-state index in [9.17, 15) is 4.79 Å². The molecule has 0 aromatic heterocycles. The van der Waals surface area contributed by atoms with E-state index < -0.39 is 0 Å². The number of carbonyl (C=O) groups excluding carboxylic acids is 1. The van der Waals surface area contributed by atoms with Gasteiger partial charge in [0.2, 0.25) is 6.79 Å². The van der Waals surface area contributed by atoms with Gasteiger partial charge in [0, 0.05) is 11.6 Å². The van der Waals surface area contributed by atoms with Gasteiger partial charge in [0.25, 0.3) is 5.91 Å². The summed E-state index contributed by atoms with van der Waals surface area (Å²) >= 11 is 4.89. The molecule has 0 atom stereocenters. The standard InChI is InChI=1S/C20H17BrN2O4S/c1-25-8-7-23-19(24)18(28-20(23)22-14-5-3-2-4-6-14)10-13-9-16-17(11-15(13)21)27-12-26-16/h2-6,9-11H,7-8,12H2,1H3. The van der Waals surface area contributed by atoms with Gasteiger partial charge in [-0.25, -0.2) is 4.99 Å². The van der Waals surface area contributed by atoms with Crippen LogP contribution in [0.15, 0.2) is 56.8 Å². The number of fused-ring (bicyclic) bond motifs is 1. The number of benzene rings is 2. The summed E-state index contributed by atoms with van der Waals surface area (Å²) in [7, 11) is 1.61. The zero-order valence-corrected chi connectivity index (χ0v) is 17.5. The highest BCUT2D eigenvalue weighted by atomic mass is 79.9. The third-order valence-electron chi connectivity index (χ3n) is 4.17. The molecule has 0 radical (unpaired) electrons. The van der Waals surface area contributed by atoms with E-state index in [4.69, 9.17) is 14.2 Å². The van der Waals surface area contributed by atoms with Crippen molar-refractivity contribution < 1.29 is 19.0 Å². The summed E-state index contributed by atoms with van der Waals surface area (Å²) in [5.74, 6) is 1.26. The Bertz CT molecular complexity index is 962. The molecule has 8 heteroatoms. The van der Waals surface area contributed by atoms with Crippen LogP contribution in [0, 0.1) is 0 Å². The Morgan fingerprint density at radius 1 is 1.25 bits per heavy atom. The van der Waals surface area contributed by atoms with Gasteiger partial charge < -0.3 is 14.2 Å². The molecule has 6 nitrogen and oxygen atoms in total. The Balaban J connectivity index is 1.67. The summed E-state index contributed by atoms with van der Waals surface area (Å²) < 4.78 is 16.8. The number of amidine groups is 1. The molecular formula is C20H17BrN2O4S. The van der Waals surface area contributed by atoms with Crippen LogP contribution in [-0.2, 0) is 9.53 Å². The molecule has 1 amide bonds. The van der Waals surface area contributed by atoms with E-state index in [0.717, 1.165) is 15.7 Å². The maximum Gasteiger partial charge on any atom is 0.266 e.